The number of hydrogen-bond acceptors (Lipinski definition) is 4. The zero-order chi connectivity index (χ0) is 17.2. The number of rotatable bonds is 4. The van der Waals surface area contributed by atoms with Gasteiger partial charge >= 0.3 is 5.97 Å². The molecule has 0 aliphatic carbocycles. The van der Waals surface area contributed by atoms with Crippen LogP contribution in [0.25, 0.3) is 0 Å². The molecule has 0 radical (unpaired) electrons. The summed E-state index contributed by atoms with van der Waals surface area (Å²) in [6.45, 7) is 7.94. The summed E-state index contributed by atoms with van der Waals surface area (Å²) in [5.74, 6) is -0.249. The molecule has 1 N–H and O–H groups in total. The Bertz CT molecular complexity index is 716. The number of carboxylic acids is 1. The fourth-order valence-electron chi connectivity index (χ4n) is 3.20. The van der Waals surface area contributed by atoms with E-state index < -0.39 is 5.97 Å². The van der Waals surface area contributed by atoms with E-state index in [1.165, 1.54) is 11.6 Å². The Morgan fingerprint density at radius 1 is 1.12 bits per heavy atom. The fraction of sp³-hybridized carbons (Fsp3) is 0.368. The molecule has 1 aromatic carbocycles. The van der Waals surface area contributed by atoms with Gasteiger partial charge in [-0.25, -0.2) is 9.78 Å². The minimum absolute atomic E-state index is 0.0188. The van der Waals surface area contributed by atoms with E-state index in [2.05, 4.69) is 52.9 Å². The highest BCUT2D eigenvalue weighted by Crippen LogP contribution is 2.26. The number of piperazine rings is 1. The van der Waals surface area contributed by atoms with Crippen molar-refractivity contribution in [3.05, 3.63) is 59.8 Å². The summed E-state index contributed by atoms with van der Waals surface area (Å²) < 4.78 is 0. The number of hydrogen-bond donors (Lipinski definition) is 1. The van der Waals surface area contributed by atoms with E-state index >= 15 is 0 Å². The maximum Gasteiger partial charge on any atom is 0.354 e. The van der Waals surface area contributed by atoms with Crippen molar-refractivity contribution in [3.8, 4) is 0 Å². The van der Waals surface area contributed by atoms with Gasteiger partial charge in [0.2, 0.25) is 0 Å². The van der Waals surface area contributed by atoms with E-state index in [0.29, 0.717) is 0 Å². The second-order valence-corrected chi connectivity index (χ2v) is 6.83. The number of pyridine rings is 1. The second kappa shape index (κ2) is 6.61. The average Bonchev–Trinajstić information content (AvgIpc) is 2.57. The molecule has 1 saturated heterocycles. The maximum atomic E-state index is 11.1. The molecule has 1 fully saturated rings. The number of aromatic nitrogens is 1. The van der Waals surface area contributed by atoms with E-state index in [4.69, 9.17) is 5.11 Å². The molecule has 5 heteroatoms. The number of anilines is 1. The largest absolute Gasteiger partial charge is 0.477 e. The number of carbonyl (C=O) groups is 1. The minimum Gasteiger partial charge on any atom is -0.477 e. The fourth-order valence-corrected chi connectivity index (χ4v) is 3.20. The second-order valence-electron chi connectivity index (χ2n) is 6.83. The SMILES string of the molecule is CC1(C)CN(c2cccc(C(=O)O)n2)CCN1Cc1ccccc1. The molecule has 2 aromatic rings. The van der Waals surface area contributed by atoms with Crippen LogP contribution in [-0.2, 0) is 6.54 Å². The lowest BCUT2D eigenvalue weighted by atomic mass is 9.97. The van der Waals surface area contributed by atoms with Gasteiger partial charge in [0.1, 0.15) is 5.82 Å². The van der Waals surface area contributed by atoms with Crippen LogP contribution >= 0.6 is 0 Å². The van der Waals surface area contributed by atoms with Gasteiger partial charge in [0.05, 0.1) is 0 Å². The van der Waals surface area contributed by atoms with E-state index in [1.807, 2.05) is 12.1 Å². The zero-order valence-electron chi connectivity index (χ0n) is 14.1. The van der Waals surface area contributed by atoms with Gasteiger partial charge in [0, 0.05) is 31.7 Å². The lowest BCUT2D eigenvalue weighted by Gasteiger charge is -2.47. The first-order chi connectivity index (χ1) is 11.5. The first-order valence-corrected chi connectivity index (χ1v) is 8.20. The smallest absolute Gasteiger partial charge is 0.354 e. The third kappa shape index (κ3) is 3.57. The van der Waals surface area contributed by atoms with Crippen LogP contribution < -0.4 is 4.90 Å². The Morgan fingerprint density at radius 2 is 1.88 bits per heavy atom. The minimum atomic E-state index is -0.987. The molecule has 1 aromatic heterocycles. The van der Waals surface area contributed by atoms with Crippen LogP contribution in [0.15, 0.2) is 48.5 Å². The topological polar surface area (TPSA) is 56.7 Å². The summed E-state index contributed by atoms with van der Waals surface area (Å²) in [6.07, 6.45) is 0. The quantitative estimate of drug-likeness (QED) is 0.937. The summed E-state index contributed by atoms with van der Waals surface area (Å²) in [7, 11) is 0. The monoisotopic (exact) mass is 325 g/mol. The van der Waals surface area contributed by atoms with Crippen molar-refractivity contribution >= 4 is 11.8 Å². The molecule has 0 atom stereocenters. The van der Waals surface area contributed by atoms with Crippen molar-refractivity contribution in [3.63, 3.8) is 0 Å². The van der Waals surface area contributed by atoms with Gasteiger partial charge in [-0.05, 0) is 31.5 Å². The summed E-state index contributed by atoms with van der Waals surface area (Å²) in [4.78, 5) is 20.1. The number of aromatic carboxylic acids is 1. The van der Waals surface area contributed by atoms with Crippen LogP contribution in [0.5, 0.6) is 0 Å². The number of nitrogens with zero attached hydrogens (tertiary/aromatic N) is 3. The Labute approximate surface area is 142 Å². The van der Waals surface area contributed by atoms with Crippen LogP contribution in [0, 0.1) is 0 Å². The van der Waals surface area contributed by atoms with E-state index in [0.717, 1.165) is 32.0 Å². The molecule has 5 nitrogen and oxygen atoms in total. The van der Waals surface area contributed by atoms with Crippen LogP contribution in [-0.4, -0.2) is 46.1 Å². The zero-order valence-corrected chi connectivity index (χ0v) is 14.1. The average molecular weight is 325 g/mol. The van der Waals surface area contributed by atoms with Crippen LogP contribution in [0.4, 0.5) is 5.82 Å². The Hall–Kier alpha value is -2.40. The summed E-state index contributed by atoms with van der Waals surface area (Å²) in [5, 5.41) is 9.13. The Kier molecular flexibility index (Phi) is 4.53. The predicted octanol–water partition coefficient (Wildman–Crippen LogP) is 2.88. The van der Waals surface area contributed by atoms with Gasteiger partial charge in [-0.1, -0.05) is 36.4 Å². The lowest BCUT2D eigenvalue weighted by molar-refractivity contribution is 0.0690. The van der Waals surface area contributed by atoms with Gasteiger partial charge in [-0.3, -0.25) is 4.90 Å². The normalized spacial score (nSPS) is 17.7. The molecule has 0 bridgehead atoms. The van der Waals surface area contributed by atoms with Crippen molar-refractivity contribution in [1.29, 1.82) is 0 Å². The number of benzene rings is 1. The molecule has 2 heterocycles. The van der Waals surface area contributed by atoms with E-state index in [1.54, 1.807) is 6.07 Å². The van der Waals surface area contributed by atoms with Crippen LogP contribution in [0.1, 0.15) is 29.9 Å². The first kappa shape index (κ1) is 16.5. The van der Waals surface area contributed by atoms with Crippen LogP contribution in [0.3, 0.4) is 0 Å². The lowest BCUT2D eigenvalue weighted by Crippen LogP contribution is -2.59. The van der Waals surface area contributed by atoms with Crippen molar-refractivity contribution in [2.45, 2.75) is 25.9 Å². The standard InChI is InChI=1S/C19H23N3O2/c1-19(2)14-21(17-10-6-9-16(20-17)18(23)24)11-12-22(19)13-15-7-4-3-5-8-15/h3-10H,11-14H2,1-2H3,(H,23,24). The third-order valence-electron chi connectivity index (χ3n) is 4.57. The first-order valence-electron chi connectivity index (χ1n) is 8.20. The van der Waals surface area contributed by atoms with Gasteiger partial charge in [0.15, 0.2) is 5.69 Å². The molecule has 0 saturated carbocycles. The predicted molar refractivity (Wildman–Crippen MR) is 94.3 cm³/mol. The summed E-state index contributed by atoms with van der Waals surface area (Å²) in [5.41, 5.74) is 1.39. The van der Waals surface area contributed by atoms with Gasteiger partial charge in [-0.15, -0.1) is 0 Å². The molecule has 24 heavy (non-hydrogen) atoms. The summed E-state index contributed by atoms with van der Waals surface area (Å²) >= 11 is 0. The summed E-state index contributed by atoms with van der Waals surface area (Å²) in [6, 6.07) is 15.7. The maximum absolute atomic E-state index is 11.1. The van der Waals surface area contributed by atoms with Gasteiger partial charge < -0.3 is 10.0 Å². The molecule has 1 aliphatic rings. The van der Waals surface area contributed by atoms with Gasteiger partial charge in [0.25, 0.3) is 0 Å². The van der Waals surface area contributed by atoms with Crippen molar-refractivity contribution in [2.75, 3.05) is 24.5 Å². The van der Waals surface area contributed by atoms with Gasteiger partial charge in [-0.2, -0.15) is 0 Å². The number of carboxylic acid groups (broad SMARTS) is 1. The molecule has 0 spiro atoms. The Morgan fingerprint density at radius 3 is 2.54 bits per heavy atom. The Balaban J connectivity index is 1.73. The molecule has 0 unspecified atom stereocenters. The highest BCUT2D eigenvalue weighted by molar-refractivity contribution is 5.85. The molecule has 3 rings (SSSR count). The van der Waals surface area contributed by atoms with E-state index in [9.17, 15) is 4.79 Å². The molecule has 126 valence electrons. The van der Waals surface area contributed by atoms with Crippen molar-refractivity contribution < 1.29 is 9.90 Å². The highest BCUT2D eigenvalue weighted by atomic mass is 16.4. The highest BCUT2D eigenvalue weighted by Gasteiger charge is 2.34. The van der Waals surface area contributed by atoms with E-state index in [-0.39, 0.29) is 11.2 Å². The third-order valence-corrected chi connectivity index (χ3v) is 4.57. The molecular weight excluding hydrogens is 302 g/mol. The van der Waals surface area contributed by atoms with Crippen molar-refractivity contribution in [1.82, 2.24) is 9.88 Å². The molecular formula is C19H23N3O2. The molecule has 0 amide bonds. The molecule has 1 aliphatic heterocycles. The van der Waals surface area contributed by atoms with Crippen molar-refractivity contribution in [2.24, 2.45) is 0 Å². The van der Waals surface area contributed by atoms with Crippen LogP contribution in [0.2, 0.25) is 0 Å².